The molecular formula is C15H22N6O. The van der Waals surface area contributed by atoms with Crippen LogP contribution in [0.1, 0.15) is 43.5 Å². The molecule has 0 radical (unpaired) electrons. The van der Waals surface area contributed by atoms with E-state index < -0.39 is 0 Å². The van der Waals surface area contributed by atoms with Crippen LogP contribution in [0.3, 0.4) is 0 Å². The van der Waals surface area contributed by atoms with Gasteiger partial charge in [-0.2, -0.15) is 5.10 Å². The lowest BCUT2D eigenvalue weighted by Gasteiger charge is -2.34. The molecule has 0 spiro atoms. The topological polar surface area (TPSA) is 68.8 Å². The third-order valence-electron chi connectivity index (χ3n) is 4.29. The zero-order valence-corrected chi connectivity index (χ0v) is 13.3. The minimum atomic E-state index is -0.222. The SMILES string of the molecule is Cc1nc(C)n([C@@H]2CCCN(C(=O)[C@@H](C)n3ccnc3)C2)n1. The van der Waals surface area contributed by atoms with E-state index in [-0.39, 0.29) is 18.0 Å². The Morgan fingerprint density at radius 1 is 1.41 bits per heavy atom. The highest BCUT2D eigenvalue weighted by Crippen LogP contribution is 2.24. The van der Waals surface area contributed by atoms with Gasteiger partial charge in [-0.05, 0) is 33.6 Å². The van der Waals surface area contributed by atoms with Gasteiger partial charge in [0.05, 0.1) is 12.4 Å². The summed E-state index contributed by atoms with van der Waals surface area (Å²) < 4.78 is 3.81. The summed E-state index contributed by atoms with van der Waals surface area (Å²) in [6.45, 7) is 7.28. The van der Waals surface area contributed by atoms with Crippen molar-refractivity contribution in [1.82, 2.24) is 29.2 Å². The smallest absolute Gasteiger partial charge is 0.245 e. The van der Waals surface area contributed by atoms with Crippen LogP contribution in [-0.4, -0.2) is 48.2 Å². The lowest BCUT2D eigenvalue weighted by Crippen LogP contribution is -2.43. The highest BCUT2D eigenvalue weighted by Gasteiger charge is 2.29. The van der Waals surface area contributed by atoms with Crippen LogP contribution in [0.4, 0.5) is 0 Å². The summed E-state index contributed by atoms with van der Waals surface area (Å²) in [4.78, 5) is 23.0. The van der Waals surface area contributed by atoms with Crippen LogP contribution in [0.15, 0.2) is 18.7 Å². The fourth-order valence-corrected chi connectivity index (χ4v) is 3.13. The van der Waals surface area contributed by atoms with Gasteiger partial charge in [0.25, 0.3) is 0 Å². The number of imidazole rings is 1. The maximum Gasteiger partial charge on any atom is 0.245 e. The first-order valence-corrected chi connectivity index (χ1v) is 7.72. The van der Waals surface area contributed by atoms with Gasteiger partial charge in [-0.25, -0.2) is 14.6 Å². The molecule has 1 aliphatic rings. The molecule has 7 nitrogen and oxygen atoms in total. The van der Waals surface area contributed by atoms with E-state index in [0.717, 1.165) is 31.0 Å². The van der Waals surface area contributed by atoms with E-state index in [1.165, 1.54) is 0 Å². The lowest BCUT2D eigenvalue weighted by molar-refractivity contribution is -0.136. The highest BCUT2D eigenvalue weighted by molar-refractivity contribution is 5.80. The molecule has 1 aliphatic heterocycles. The fraction of sp³-hybridized carbons (Fsp3) is 0.600. The van der Waals surface area contributed by atoms with Gasteiger partial charge in [0.2, 0.25) is 5.91 Å². The minimum absolute atomic E-state index is 0.136. The number of carbonyl (C=O) groups is 1. The van der Waals surface area contributed by atoms with Crippen molar-refractivity contribution in [2.24, 2.45) is 0 Å². The number of likely N-dealkylation sites (tertiary alicyclic amines) is 1. The number of hydrogen-bond donors (Lipinski definition) is 0. The maximum absolute atomic E-state index is 12.7. The van der Waals surface area contributed by atoms with Crippen LogP contribution in [0.5, 0.6) is 0 Å². The van der Waals surface area contributed by atoms with Crippen LogP contribution in [0.25, 0.3) is 0 Å². The maximum atomic E-state index is 12.7. The van der Waals surface area contributed by atoms with E-state index in [4.69, 9.17) is 0 Å². The number of nitrogens with zero attached hydrogens (tertiary/aromatic N) is 6. The Kier molecular flexibility index (Phi) is 3.96. The molecule has 0 aliphatic carbocycles. The molecule has 1 saturated heterocycles. The van der Waals surface area contributed by atoms with Crippen molar-refractivity contribution >= 4 is 5.91 Å². The number of aromatic nitrogens is 5. The average Bonchev–Trinajstić information content (AvgIpc) is 3.15. The second-order valence-corrected chi connectivity index (χ2v) is 5.92. The van der Waals surface area contributed by atoms with Crippen molar-refractivity contribution in [3.8, 4) is 0 Å². The van der Waals surface area contributed by atoms with Crippen LogP contribution in [-0.2, 0) is 4.79 Å². The molecule has 1 fully saturated rings. The van der Waals surface area contributed by atoms with Gasteiger partial charge in [0, 0.05) is 25.5 Å². The average molecular weight is 302 g/mol. The summed E-state index contributed by atoms with van der Waals surface area (Å²) in [5.74, 6) is 1.84. The molecule has 0 unspecified atom stereocenters. The van der Waals surface area contributed by atoms with Crippen LogP contribution < -0.4 is 0 Å². The monoisotopic (exact) mass is 302 g/mol. The largest absolute Gasteiger partial charge is 0.339 e. The van der Waals surface area contributed by atoms with E-state index in [1.54, 1.807) is 12.5 Å². The van der Waals surface area contributed by atoms with E-state index in [0.29, 0.717) is 6.54 Å². The molecule has 0 N–H and O–H groups in total. The lowest BCUT2D eigenvalue weighted by atomic mass is 10.0. The molecule has 2 aromatic heterocycles. The Morgan fingerprint density at radius 3 is 2.86 bits per heavy atom. The van der Waals surface area contributed by atoms with Gasteiger partial charge in [-0.15, -0.1) is 0 Å². The Bertz CT molecular complexity index is 647. The summed E-state index contributed by atoms with van der Waals surface area (Å²) in [5, 5.41) is 4.47. The predicted octanol–water partition coefficient (Wildman–Crippen LogP) is 1.52. The van der Waals surface area contributed by atoms with Crippen molar-refractivity contribution in [1.29, 1.82) is 0 Å². The Hall–Kier alpha value is -2.18. The summed E-state index contributed by atoms with van der Waals surface area (Å²) in [7, 11) is 0. The van der Waals surface area contributed by atoms with Crippen molar-refractivity contribution < 1.29 is 4.79 Å². The zero-order valence-electron chi connectivity index (χ0n) is 13.3. The summed E-state index contributed by atoms with van der Waals surface area (Å²) in [6.07, 6.45) is 7.24. The van der Waals surface area contributed by atoms with Crippen LogP contribution in [0.2, 0.25) is 0 Å². The molecule has 118 valence electrons. The van der Waals surface area contributed by atoms with Gasteiger partial charge in [0.15, 0.2) is 0 Å². The number of rotatable bonds is 3. The molecule has 0 saturated carbocycles. The predicted molar refractivity (Wildman–Crippen MR) is 81.3 cm³/mol. The molecule has 7 heteroatoms. The Labute approximate surface area is 130 Å². The van der Waals surface area contributed by atoms with Crippen molar-refractivity contribution in [2.75, 3.05) is 13.1 Å². The molecule has 2 aromatic rings. The minimum Gasteiger partial charge on any atom is -0.339 e. The molecule has 3 heterocycles. The van der Waals surface area contributed by atoms with Crippen LogP contribution in [0, 0.1) is 13.8 Å². The first-order chi connectivity index (χ1) is 10.6. The number of carbonyl (C=O) groups excluding carboxylic acids is 1. The van der Waals surface area contributed by atoms with Crippen molar-refractivity contribution in [3.63, 3.8) is 0 Å². The normalized spacial score (nSPS) is 20.1. The van der Waals surface area contributed by atoms with E-state index in [1.807, 2.05) is 41.1 Å². The molecule has 22 heavy (non-hydrogen) atoms. The number of aryl methyl sites for hydroxylation is 2. The molecule has 2 atom stereocenters. The third-order valence-corrected chi connectivity index (χ3v) is 4.29. The Morgan fingerprint density at radius 2 is 2.23 bits per heavy atom. The van der Waals surface area contributed by atoms with Gasteiger partial charge >= 0.3 is 0 Å². The second-order valence-electron chi connectivity index (χ2n) is 5.92. The second kappa shape index (κ2) is 5.90. The standard InChI is InChI=1S/C15H22N6O/c1-11(20-8-6-16-10-20)15(22)19-7-4-5-14(9-19)21-13(3)17-12(2)18-21/h6,8,10-11,14H,4-5,7,9H2,1-3H3/t11-,14-/m1/s1. The quantitative estimate of drug-likeness (QED) is 0.862. The summed E-state index contributed by atoms with van der Waals surface area (Å²) in [5.41, 5.74) is 0. The van der Waals surface area contributed by atoms with Crippen molar-refractivity contribution in [3.05, 3.63) is 30.4 Å². The van der Waals surface area contributed by atoms with Gasteiger partial charge in [-0.3, -0.25) is 4.79 Å². The van der Waals surface area contributed by atoms with Crippen LogP contribution >= 0.6 is 0 Å². The molecule has 1 amide bonds. The fourth-order valence-electron chi connectivity index (χ4n) is 3.13. The molecule has 0 aromatic carbocycles. The van der Waals surface area contributed by atoms with E-state index >= 15 is 0 Å². The summed E-state index contributed by atoms with van der Waals surface area (Å²) in [6, 6.07) is -0.00582. The molecule has 3 rings (SSSR count). The number of hydrogen-bond acceptors (Lipinski definition) is 4. The molecule has 0 bridgehead atoms. The highest BCUT2D eigenvalue weighted by atomic mass is 16.2. The zero-order chi connectivity index (χ0) is 15.7. The summed E-state index contributed by atoms with van der Waals surface area (Å²) >= 11 is 0. The molecular weight excluding hydrogens is 280 g/mol. The Balaban J connectivity index is 1.73. The first kappa shape index (κ1) is 14.7. The van der Waals surface area contributed by atoms with E-state index in [2.05, 4.69) is 15.1 Å². The third kappa shape index (κ3) is 2.75. The van der Waals surface area contributed by atoms with E-state index in [9.17, 15) is 4.79 Å². The van der Waals surface area contributed by atoms with Crippen molar-refractivity contribution in [2.45, 2.75) is 45.7 Å². The number of amides is 1. The first-order valence-electron chi connectivity index (χ1n) is 7.72. The van der Waals surface area contributed by atoms with Gasteiger partial charge in [0.1, 0.15) is 17.7 Å². The van der Waals surface area contributed by atoms with Gasteiger partial charge in [-0.1, -0.05) is 0 Å². The van der Waals surface area contributed by atoms with Gasteiger partial charge < -0.3 is 9.47 Å². The number of piperidine rings is 1.